The standard InChI is InChI=1S/C16H25NO/c1-13-6-5-8-15(12-13)17-10-11-18-16-9-4-3-7-14(16)2/h3-4,7,9,13,15,17H,5-6,8,10-12H2,1-2H3. The molecule has 100 valence electrons. The van der Waals surface area contributed by atoms with E-state index >= 15 is 0 Å². The van der Waals surface area contributed by atoms with Gasteiger partial charge in [-0.1, -0.05) is 38.0 Å². The first-order chi connectivity index (χ1) is 8.75. The van der Waals surface area contributed by atoms with Gasteiger partial charge in [-0.05, 0) is 37.3 Å². The Bertz CT molecular complexity index is 364. The van der Waals surface area contributed by atoms with E-state index < -0.39 is 0 Å². The first-order valence-corrected chi connectivity index (χ1v) is 7.17. The lowest BCUT2D eigenvalue weighted by Gasteiger charge is -2.27. The maximum atomic E-state index is 5.79. The largest absolute Gasteiger partial charge is 0.492 e. The van der Waals surface area contributed by atoms with Crippen molar-refractivity contribution in [1.82, 2.24) is 5.32 Å². The molecule has 1 N–H and O–H groups in total. The molecular formula is C16H25NO. The van der Waals surface area contributed by atoms with Gasteiger partial charge < -0.3 is 10.1 Å². The van der Waals surface area contributed by atoms with Gasteiger partial charge in [0.05, 0.1) is 0 Å². The van der Waals surface area contributed by atoms with E-state index in [-0.39, 0.29) is 0 Å². The Morgan fingerprint density at radius 3 is 2.89 bits per heavy atom. The molecule has 1 aliphatic rings. The summed E-state index contributed by atoms with van der Waals surface area (Å²) in [5.74, 6) is 1.89. The molecule has 2 unspecified atom stereocenters. The molecule has 0 spiro atoms. The topological polar surface area (TPSA) is 21.3 Å². The molecule has 1 aromatic carbocycles. The van der Waals surface area contributed by atoms with Crippen molar-refractivity contribution in [3.8, 4) is 5.75 Å². The van der Waals surface area contributed by atoms with E-state index in [1.165, 1.54) is 31.2 Å². The molecule has 1 aliphatic carbocycles. The third kappa shape index (κ3) is 4.02. The molecule has 2 atom stereocenters. The van der Waals surface area contributed by atoms with Crippen LogP contribution in [0.25, 0.3) is 0 Å². The van der Waals surface area contributed by atoms with E-state index in [1.807, 2.05) is 18.2 Å². The minimum Gasteiger partial charge on any atom is -0.492 e. The van der Waals surface area contributed by atoms with Gasteiger partial charge in [0.1, 0.15) is 12.4 Å². The van der Waals surface area contributed by atoms with Gasteiger partial charge in [0.2, 0.25) is 0 Å². The van der Waals surface area contributed by atoms with Crippen molar-refractivity contribution < 1.29 is 4.74 Å². The van der Waals surface area contributed by atoms with Gasteiger partial charge in [0.25, 0.3) is 0 Å². The van der Waals surface area contributed by atoms with Gasteiger partial charge in [0.15, 0.2) is 0 Å². The second kappa shape index (κ2) is 6.79. The molecule has 1 saturated carbocycles. The molecular weight excluding hydrogens is 222 g/mol. The Morgan fingerprint density at radius 1 is 1.28 bits per heavy atom. The summed E-state index contributed by atoms with van der Waals surface area (Å²) in [5, 5.41) is 3.62. The van der Waals surface area contributed by atoms with Gasteiger partial charge >= 0.3 is 0 Å². The molecule has 0 radical (unpaired) electrons. The number of benzene rings is 1. The summed E-state index contributed by atoms with van der Waals surface area (Å²) < 4.78 is 5.79. The van der Waals surface area contributed by atoms with E-state index in [9.17, 15) is 0 Å². The van der Waals surface area contributed by atoms with Crippen LogP contribution < -0.4 is 10.1 Å². The highest BCUT2D eigenvalue weighted by Gasteiger charge is 2.17. The fourth-order valence-corrected chi connectivity index (χ4v) is 2.76. The van der Waals surface area contributed by atoms with Gasteiger partial charge in [-0.3, -0.25) is 0 Å². The molecule has 2 nitrogen and oxygen atoms in total. The maximum Gasteiger partial charge on any atom is 0.122 e. The molecule has 0 amide bonds. The highest BCUT2D eigenvalue weighted by Crippen LogP contribution is 2.23. The average molecular weight is 247 g/mol. The zero-order valence-corrected chi connectivity index (χ0v) is 11.6. The van der Waals surface area contributed by atoms with Crippen LogP contribution in [0.5, 0.6) is 5.75 Å². The zero-order valence-electron chi connectivity index (χ0n) is 11.6. The molecule has 1 fully saturated rings. The van der Waals surface area contributed by atoms with Crippen molar-refractivity contribution >= 4 is 0 Å². The molecule has 0 heterocycles. The van der Waals surface area contributed by atoms with E-state index in [2.05, 4.69) is 25.2 Å². The van der Waals surface area contributed by atoms with Crippen LogP contribution in [0.4, 0.5) is 0 Å². The highest BCUT2D eigenvalue weighted by molar-refractivity contribution is 5.31. The van der Waals surface area contributed by atoms with Gasteiger partial charge in [-0.15, -0.1) is 0 Å². The van der Waals surface area contributed by atoms with Crippen molar-refractivity contribution in [3.63, 3.8) is 0 Å². The second-order valence-electron chi connectivity index (χ2n) is 5.54. The molecule has 2 rings (SSSR count). The summed E-state index contributed by atoms with van der Waals surface area (Å²) in [6.07, 6.45) is 5.43. The lowest BCUT2D eigenvalue weighted by atomic mass is 9.87. The molecule has 18 heavy (non-hydrogen) atoms. The molecule has 0 aliphatic heterocycles. The zero-order chi connectivity index (χ0) is 12.8. The van der Waals surface area contributed by atoms with E-state index in [4.69, 9.17) is 4.74 Å². The number of hydrogen-bond donors (Lipinski definition) is 1. The number of hydrogen-bond acceptors (Lipinski definition) is 2. The van der Waals surface area contributed by atoms with Crippen molar-refractivity contribution in [2.75, 3.05) is 13.2 Å². The van der Waals surface area contributed by atoms with Crippen LogP contribution >= 0.6 is 0 Å². The summed E-state index contributed by atoms with van der Waals surface area (Å²) >= 11 is 0. The van der Waals surface area contributed by atoms with E-state index in [0.717, 1.165) is 24.8 Å². The molecule has 0 saturated heterocycles. The first-order valence-electron chi connectivity index (χ1n) is 7.17. The number of rotatable bonds is 5. The van der Waals surface area contributed by atoms with Gasteiger partial charge in [0, 0.05) is 12.6 Å². The van der Waals surface area contributed by atoms with E-state index in [0.29, 0.717) is 6.04 Å². The van der Waals surface area contributed by atoms with Crippen LogP contribution in [-0.4, -0.2) is 19.2 Å². The van der Waals surface area contributed by atoms with E-state index in [1.54, 1.807) is 0 Å². The molecule has 2 heteroatoms. The summed E-state index contributed by atoms with van der Waals surface area (Å²) in [6, 6.07) is 8.90. The Hall–Kier alpha value is -1.02. The number of aryl methyl sites for hydroxylation is 1. The van der Waals surface area contributed by atoms with Gasteiger partial charge in [-0.2, -0.15) is 0 Å². The number of nitrogens with one attached hydrogen (secondary N) is 1. The summed E-state index contributed by atoms with van der Waals surface area (Å²) in [7, 11) is 0. The van der Waals surface area contributed by atoms with Crippen LogP contribution in [0, 0.1) is 12.8 Å². The third-order valence-corrected chi connectivity index (χ3v) is 3.82. The Kier molecular flexibility index (Phi) is 5.06. The average Bonchev–Trinajstić information content (AvgIpc) is 2.37. The fourth-order valence-electron chi connectivity index (χ4n) is 2.76. The predicted octanol–water partition coefficient (Wildman–Crippen LogP) is 3.54. The maximum absolute atomic E-state index is 5.79. The quantitative estimate of drug-likeness (QED) is 0.804. The van der Waals surface area contributed by atoms with Crippen molar-refractivity contribution in [3.05, 3.63) is 29.8 Å². The smallest absolute Gasteiger partial charge is 0.122 e. The monoisotopic (exact) mass is 247 g/mol. The SMILES string of the molecule is Cc1ccccc1OCCNC1CCCC(C)C1. The van der Waals surface area contributed by atoms with Crippen LogP contribution in [0.2, 0.25) is 0 Å². The lowest BCUT2D eigenvalue weighted by Crippen LogP contribution is -2.36. The Labute approximate surface area is 111 Å². The minimum atomic E-state index is 0.703. The highest BCUT2D eigenvalue weighted by atomic mass is 16.5. The number of para-hydroxylation sites is 1. The molecule has 0 aromatic heterocycles. The van der Waals surface area contributed by atoms with Crippen LogP contribution in [0.1, 0.15) is 38.2 Å². The fraction of sp³-hybridized carbons (Fsp3) is 0.625. The minimum absolute atomic E-state index is 0.703. The Morgan fingerprint density at radius 2 is 2.11 bits per heavy atom. The number of ether oxygens (including phenoxy) is 1. The van der Waals surface area contributed by atoms with Gasteiger partial charge in [-0.25, -0.2) is 0 Å². The second-order valence-corrected chi connectivity index (χ2v) is 5.54. The van der Waals surface area contributed by atoms with Crippen LogP contribution in [0.15, 0.2) is 24.3 Å². The lowest BCUT2D eigenvalue weighted by molar-refractivity contribution is 0.265. The Balaban J connectivity index is 1.65. The van der Waals surface area contributed by atoms with Crippen molar-refractivity contribution in [1.29, 1.82) is 0 Å². The third-order valence-electron chi connectivity index (χ3n) is 3.82. The summed E-state index contributed by atoms with van der Waals surface area (Å²) in [6.45, 7) is 6.16. The van der Waals surface area contributed by atoms with Crippen LogP contribution in [0.3, 0.4) is 0 Å². The predicted molar refractivity (Wildman–Crippen MR) is 76.1 cm³/mol. The van der Waals surface area contributed by atoms with Crippen LogP contribution in [-0.2, 0) is 0 Å². The normalized spacial score (nSPS) is 23.9. The summed E-state index contributed by atoms with van der Waals surface area (Å²) in [4.78, 5) is 0. The molecule has 0 bridgehead atoms. The van der Waals surface area contributed by atoms with Crippen molar-refractivity contribution in [2.24, 2.45) is 5.92 Å². The first kappa shape index (κ1) is 13.4. The van der Waals surface area contributed by atoms with Crippen molar-refractivity contribution in [2.45, 2.75) is 45.6 Å². The summed E-state index contributed by atoms with van der Waals surface area (Å²) in [5.41, 5.74) is 1.21. The molecule has 1 aromatic rings.